The molecule has 2 fully saturated rings. The van der Waals surface area contributed by atoms with Gasteiger partial charge in [-0.05, 0) is 81.7 Å². The first-order chi connectivity index (χ1) is 29.1. The van der Waals surface area contributed by atoms with Gasteiger partial charge >= 0.3 is 0 Å². The Bertz CT molecular complexity index is 2430. The zero-order chi connectivity index (χ0) is 43.7. The number of aryl methyl sites for hydroxylation is 1. The van der Waals surface area contributed by atoms with E-state index >= 15 is 8.78 Å². The minimum atomic E-state index is -2.98. The van der Waals surface area contributed by atoms with Gasteiger partial charge in [-0.3, -0.25) is 39.1 Å². The number of aromatic nitrogens is 1. The summed E-state index contributed by atoms with van der Waals surface area (Å²) in [5.74, 6) is -3.06. The highest BCUT2D eigenvalue weighted by Gasteiger charge is 2.42. The third kappa shape index (κ3) is 9.18. The molecule has 3 aliphatic rings. The second-order valence-electron chi connectivity index (χ2n) is 16.0. The number of carbonyl (C=O) groups excluding carboxylic acids is 4. The molecule has 2 saturated heterocycles. The van der Waals surface area contributed by atoms with Crippen LogP contribution in [0.1, 0.15) is 69.7 Å². The van der Waals surface area contributed by atoms with Crippen LogP contribution in [0.4, 0.5) is 8.78 Å². The Hall–Kier alpha value is -5.65. The summed E-state index contributed by atoms with van der Waals surface area (Å²) in [5, 5.41) is 5.74. The van der Waals surface area contributed by atoms with Crippen LogP contribution in [0.25, 0.3) is 26.9 Å². The number of hydrogen-bond acceptors (Lipinski definition) is 11. The fraction of sp³-hybridized carbons (Fsp3) is 0.432. The van der Waals surface area contributed by atoms with Crippen LogP contribution in [0, 0.1) is 0 Å². The smallest absolute Gasteiger partial charge is 0.261 e. The molecule has 1 atom stereocenters. The summed E-state index contributed by atoms with van der Waals surface area (Å²) in [5.41, 5.74) is 3.36. The maximum absolute atomic E-state index is 15.2. The van der Waals surface area contributed by atoms with Gasteiger partial charge in [0, 0.05) is 73.3 Å². The highest BCUT2D eigenvalue weighted by molar-refractivity contribution is 7.21. The van der Waals surface area contributed by atoms with Gasteiger partial charge in [0.1, 0.15) is 23.3 Å². The molecule has 2 aromatic carbocycles. The molecule has 2 N–H and O–H groups in total. The number of halogens is 2. The van der Waals surface area contributed by atoms with Gasteiger partial charge in [0.25, 0.3) is 23.3 Å². The van der Waals surface area contributed by atoms with E-state index in [1.54, 1.807) is 50.6 Å². The Morgan fingerprint density at radius 2 is 1.70 bits per heavy atom. The molecule has 17 heteroatoms. The number of fused-ring (bicyclic) bond motifs is 2. The number of ether oxygens (including phenoxy) is 3. The van der Waals surface area contributed by atoms with E-state index in [2.05, 4.69) is 17.2 Å². The number of methoxy groups -OCH3 is 2. The maximum Gasteiger partial charge on any atom is 0.261 e. The lowest BCUT2D eigenvalue weighted by Gasteiger charge is -2.34. The molecule has 14 nitrogen and oxygen atoms in total. The van der Waals surface area contributed by atoms with Crippen molar-refractivity contribution in [1.29, 1.82) is 0 Å². The van der Waals surface area contributed by atoms with Crippen LogP contribution < -0.4 is 30.4 Å². The third-order valence-corrected chi connectivity index (χ3v) is 12.5. The Morgan fingerprint density at radius 1 is 1.00 bits per heavy atom. The lowest BCUT2D eigenvalue weighted by Crippen LogP contribution is -2.52. The number of likely N-dealkylation sites (tertiary alicyclic amines) is 1. The van der Waals surface area contributed by atoms with E-state index < -0.39 is 36.7 Å². The van der Waals surface area contributed by atoms with Crippen LogP contribution in [-0.2, 0) is 23.2 Å². The maximum atomic E-state index is 15.2. The van der Waals surface area contributed by atoms with Crippen LogP contribution in [0.3, 0.4) is 0 Å². The Balaban J connectivity index is 0.908. The van der Waals surface area contributed by atoms with Crippen LogP contribution in [-0.4, -0.2) is 115 Å². The average molecular weight is 861 g/mol. The zero-order valence-electron chi connectivity index (χ0n) is 34.9. The standard InChI is InChI=1S/C44H50F2N6O8S/c1-25-29-9-8-28(20-30(29)43(57)52(25)34-10-11-38(53)48-40(34)54)60-17-7-14-44(45,46)24-51-15-12-27(13-16-51)47-41(55)37-21-31-39(61-37)32(23-50(4)42(31)56)26-18-35(58-5)33(22-49(2)3)36(19-26)59-6/h8-9,18-21,23,27,34H,1,7,10-17,22,24H2,2-6H3,(H,47,55)(H,48,53,54). The van der Waals surface area contributed by atoms with Gasteiger partial charge in [-0.25, -0.2) is 8.78 Å². The number of benzene rings is 2. The first-order valence-electron chi connectivity index (χ1n) is 20.1. The topological polar surface area (TPSA) is 152 Å². The molecule has 2 aromatic heterocycles. The fourth-order valence-electron chi connectivity index (χ4n) is 8.28. The fourth-order valence-corrected chi connectivity index (χ4v) is 9.37. The molecular formula is C44H50F2N6O8S. The number of amides is 4. The first kappa shape index (κ1) is 43.4. The SMILES string of the molecule is C=C1c2ccc(OCCCC(F)(F)CN3CCC(NC(=O)c4cc5c(=O)n(C)cc(-c6cc(OC)c(CN(C)C)c(OC)c6)c5s4)CC3)cc2C(=O)N1C1CCC(=O)NC1=O. The molecule has 0 spiro atoms. The van der Waals surface area contributed by atoms with Crippen molar-refractivity contribution in [2.75, 3.05) is 54.6 Å². The summed E-state index contributed by atoms with van der Waals surface area (Å²) < 4.78 is 49.7. The van der Waals surface area contributed by atoms with Crippen molar-refractivity contribution in [3.63, 3.8) is 0 Å². The van der Waals surface area contributed by atoms with Gasteiger partial charge in [0.15, 0.2) is 0 Å². The molecule has 3 aliphatic heterocycles. The number of imide groups is 1. The van der Waals surface area contributed by atoms with Crippen molar-refractivity contribution < 1.29 is 42.2 Å². The minimum absolute atomic E-state index is 0.00519. The second kappa shape index (κ2) is 17.8. The number of alkyl halides is 2. The van der Waals surface area contributed by atoms with Gasteiger partial charge in [-0.1, -0.05) is 6.58 Å². The predicted octanol–water partition coefficient (Wildman–Crippen LogP) is 5.27. The second-order valence-corrected chi connectivity index (χ2v) is 17.1. The molecule has 0 radical (unpaired) electrons. The van der Waals surface area contributed by atoms with E-state index in [4.69, 9.17) is 14.2 Å². The summed E-state index contributed by atoms with van der Waals surface area (Å²) in [6, 6.07) is 9.18. The molecule has 7 rings (SSSR count). The van der Waals surface area contributed by atoms with Crippen LogP contribution >= 0.6 is 11.3 Å². The molecule has 0 aliphatic carbocycles. The van der Waals surface area contributed by atoms with Gasteiger partial charge in [0.2, 0.25) is 11.8 Å². The Kier molecular flexibility index (Phi) is 12.6. The Morgan fingerprint density at radius 3 is 2.36 bits per heavy atom. The zero-order valence-corrected chi connectivity index (χ0v) is 35.7. The van der Waals surface area contributed by atoms with Gasteiger partial charge in [0.05, 0.1) is 48.8 Å². The van der Waals surface area contributed by atoms with E-state index in [0.717, 1.165) is 16.7 Å². The van der Waals surface area contributed by atoms with Gasteiger partial charge in [-0.2, -0.15) is 0 Å². The highest BCUT2D eigenvalue weighted by Crippen LogP contribution is 2.40. The predicted molar refractivity (Wildman–Crippen MR) is 227 cm³/mol. The quantitative estimate of drug-likeness (QED) is 0.120. The van der Waals surface area contributed by atoms with Crippen LogP contribution in [0.15, 0.2) is 54.0 Å². The number of rotatable bonds is 15. The first-order valence-corrected chi connectivity index (χ1v) is 21.0. The summed E-state index contributed by atoms with van der Waals surface area (Å²) in [6.45, 7) is 4.92. The molecule has 0 bridgehead atoms. The molecular weight excluding hydrogens is 811 g/mol. The molecule has 5 heterocycles. The van der Waals surface area contributed by atoms with E-state index in [9.17, 15) is 24.0 Å². The summed E-state index contributed by atoms with van der Waals surface area (Å²) >= 11 is 1.23. The number of thiophene rings is 1. The van der Waals surface area contributed by atoms with E-state index in [0.29, 0.717) is 81.5 Å². The normalized spacial score (nSPS) is 17.6. The molecule has 61 heavy (non-hydrogen) atoms. The van der Waals surface area contributed by atoms with Gasteiger partial charge < -0.3 is 29.0 Å². The van der Waals surface area contributed by atoms with Crippen molar-refractivity contribution in [2.24, 2.45) is 7.05 Å². The Labute approximate surface area is 356 Å². The number of piperidine rings is 2. The van der Waals surface area contributed by atoms with E-state index in [-0.39, 0.29) is 49.3 Å². The molecule has 324 valence electrons. The monoisotopic (exact) mass is 860 g/mol. The van der Waals surface area contributed by atoms with Crippen molar-refractivity contribution in [3.8, 4) is 28.4 Å². The van der Waals surface area contributed by atoms with Crippen LogP contribution in [0.5, 0.6) is 17.2 Å². The molecule has 4 amide bonds. The lowest BCUT2D eigenvalue weighted by atomic mass is 10.0. The summed E-state index contributed by atoms with van der Waals surface area (Å²) in [6.07, 6.45) is 2.71. The molecule has 1 unspecified atom stereocenters. The number of carbonyl (C=O) groups is 4. The van der Waals surface area contributed by atoms with Crippen LogP contribution in [0.2, 0.25) is 0 Å². The minimum Gasteiger partial charge on any atom is -0.496 e. The van der Waals surface area contributed by atoms with Crippen molar-refractivity contribution in [2.45, 2.75) is 63.1 Å². The lowest BCUT2D eigenvalue weighted by molar-refractivity contribution is -0.136. The van der Waals surface area contributed by atoms with E-state index in [1.807, 2.05) is 31.1 Å². The van der Waals surface area contributed by atoms with Crippen molar-refractivity contribution in [1.82, 2.24) is 29.9 Å². The van der Waals surface area contributed by atoms with Gasteiger partial charge in [-0.15, -0.1) is 11.3 Å². The largest absolute Gasteiger partial charge is 0.496 e. The summed E-state index contributed by atoms with van der Waals surface area (Å²) in [4.78, 5) is 69.5. The average Bonchev–Trinajstić information content (AvgIpc) is 3.78. The van der Waals surface area contributed by atoms with Crippen molar-refractivity contribution >= 4 is 50.7 Å². The van der Waals surface area contributed by atoms with E-state index in [1.165, 1.54) is 26.9 Å². The molecule has 4 aromatic rings. The molecule has 0 saturated carbocycles. The summed E-state index contributed by atoms with van der Waals surface area (Å²) in [7, 11) is 8.77. The number of hydrogen-bond donors (Lipinski definition) is 2. The third-order valence-electron chi connectivity index (χ3n) is 11.4. The highest BCUT2D eigenvalue weighted by atomic mass is 32.1. The van der Waals surface area contributed by atoms with Crippen molar-refractivity contribution in [3.05, 3.63) is 81.1 Å². The number of nitrogens with one attached hydrogen (secondary N) is 2. The number of nitrogens with zero attached hydrogens (tertiary/aromatic N) is 4. The number of pyridine rings is 1.